The van der Waals surface area contributed by atoms with Gasteiger partial charge in [0.05, 0.1) is 34.2 Å². The van der Waals surface area contributed by atoms with E-state index in [0.717, 1.165) is 6.42 Å². The van der Waals surface area contributed by atoms with Crippen LogP contribution in [-0.2, 0) is 25.9 Å². The van der Waals surface area contributed by atoms with Gasteiger partial charge in [-0.15, -0.1) is 0 Å². The molecule has 0 bridgehead atoms. The maximum absolute atomic E-state index is 14.2. The average molecular weight is 906 g/mol. The molecular weight excluding hydrogens is 861 g/mol. The normalized spacial score (nSPS) is 24.7. The van der Waals surface area contributed by atoms with E-state index >= 15 is 0 Å². The van der Waals surface area contributed by atoms with Crippen LogP contribution >= 0.6 is 23.2 Å². The Bertz CT molecular complexity index is 2790. The molecule has 7 atom stereocenters. The number of carbonyl (C=O) groups excluding carboxylic acids is 4. The summed E-state index contributed by atoms with van der Waals surface area (Å²) >= 11 is 11.6. The van der Waals surface area contributed by atoms with Crippen LogP contribution in [0.2, 0.25) is 10.0 Å². The van der Waals surface area contributed by atoms with Gasteiger partial charge in [0, 0.05) is 48.7 Å². The van der Waals surface area contributed by atoms with Gasteiger partial charge in [-0.3, -0.25) is 28.8 Å². The summed E-state index contributed by atoms with van der Waals surface area (Å²) < 4.78 is 31.7. The van der Waals surface area contributed by atoms with Gasteiger partial charge in [0.15, 0.2) is 22.9 Å². The Morgan fingerprint density at radius 1 is 0.698 bits per heavy atom. The molecule has 2 aromatic heterocycles. The minimum Gasteiger partial charge on any atom is -0.503 e. The lowest BCUT2D eigenvalue weighted by Crippen LogP contribution is -2.49. The summed E-state index contributed by atoms with van der Waals surface area (Å²) in [6, 6.07) is 8.71. The number of hydrogen-bond acceptors (Lipinski definition) is 8. The largest absolute Gasteiger partial charge is 0.503 e. The standard InChI is InChI=1S/C23H23ClFN3O4.C22H21ClFN3O4/c1-10-9-27-18(11(10)2)15-7-6-14-16(20(29)21(30)19(23(27)32)28(14)15)22(31)26-8-12-4-3-5-13(24)17(12)25;1-10-7-15-13-5-6-14-16(21(30)25-8-11-3-2-4-12(23)17(11)24)19(28)20(29)18(27(13)14)22(31)26(15)9-10/h3-5,10-11,15,18,30H,6-9H2,1-2H3,(H,26,31);2-4,10,13,15,29H,5-9H2,1H3,(H,25,30)/t10-,11?,15?,18?;10-,13?,15?/m01/s1. The molecule has 18 heteroatoms. The van der Waals surface area contributed by atoms with Crippen molar-refractivity contribution in [1.29, 1.82) is 0 Å². The molecule has 0 radical (unpaired) electrons. The molecule has 2 fully saturated rings. The fraction of sp³-hybridized carbons (Fsp3) is 0.422. The smallest absolute Gasteiger partial charge is 0.274 e. The molecule has 330 valence electrons. The van der Waals surface area contributed by atoms with Gasteiger partial charge in [-0.05, 0) is 62.0 Å². The van der Waals surface area contributed by atoms with E-state index < -0.39 is 45.8 Å². The number of hydrogen-bond donors (Lipinski definition) is 4. The van der Waals surface area contributed by atoms with Gasteiger partial charge < -0.3 is 39.8 Å². The Morgan fingerprint density at radius 3 is 1.70 bits per heavy atom. The van der Waals surface area contributed by atoms with E-state index in [2.05, 4.69) is 31.4 Å². The van der Waals surface area contributed by atoms with Crippen LogP contribution in [0.1, 0.15) is 116 Å². The van der Waals surface area contributed by atoms with Gasteiger partial charge in [0.1, 0.15) is 22.8 Å². The summed E-state index contributed by atoms with van der Waals surface area (Å²) in [5.74, 6) is -3.94. The van der Waals surface area contributed by atoms with Crippen LogP contribution in [0.5, 0.6) is 11.5 Å². The average Bonchev–Trinajstić information content (AvgIpc) is 4.04. The molecule has 4 amide bonds. The SMILES string of the molecule is CC1C2C3CCc4c(C(=O)NCc5cccc(Cl)c5F)c(=O)c(O)c(n43)C(=O)N2C[C@@H]1C.C[C@@H]1CC2C3CCc4c(C(=O)NCc5cccc(Cl)c5F)c(=O)c(O)c(n43)C(=O)N2C1. The number of pyridine rings is 2. The predicted octanol–water partition coefficient (Wildman–Crippen LogP) is 5.50. The number of carbonyl (C=O) groups is 4. The van der Waals surface area contributed by atoms with Crippen molar-refractivity contribution in [2.24, 2.45) is 17.8 Å². The molecule has 10 rings (SSSR count). The van der Waals surface area contributed by atoms with Crippen LogP contribution in [0.15, 0.2) is 46.0 Å². The van der Waals surface area contributed by atoms with Crippen molar-refractivity contribution in [1.82, 2.24) is 29.6 Å². The number of amides is 4. The maximum atomic E-state index is 14.2. The van der Waals surface area contributed by atoms with E-state index in [9.17, 15) is 47.8 Å². The minimum absolute atomic E-state index is 0.00498. The quantitative estimate of drug-likeness (QED) is 0.196. The fourth-order valence-electron chi connectivity index (χ4n) is 10.9. The van der Waals surface area contributed by atoms with E-state index in [4.69, 9.17) is 23.2 Å². The Morgan fingerprint density at radius 2 is 1.17 bits per heavy atom. The van der Waals surface area contributed by atoms with Crippen LogP contribution in [0.25, 0.3) is 0 Å². The lowest BCUT2D eigenvalue weighted by Gasteiger charge is -2.39. The molecule has 0 spiro atoms. The number of aromatic hydroxyl groups is 2. The van der Waals surface area contributed by atoms with Crippen LogP contribution in [0, 0.1) is 29.4 Å². The van der Waals surface area contributed by atoms with Crippen LogP contribution in [0.3, 0.4) is 0 Å². The monoisotopic (exact) mass is 904 g/mol. The van der Waals surface area contributed by atoms with Gasteiger partial charge in [0.2, 0.25) is 10.9 Å². The fourth-order valence-corrected chi connectivity index (χ4v) is 11.3. The van der Waals surface area contributed by atoms with Gasteiger partial charge in [-0.25, -0.2) is 8.78 Å². The number of rotatable bonds is 6. The Balaban J connectivity index is 0.000000160. The summed E-state index contributed by atoms with van der Waals surface area (Å²) in [4.78, 5) is 81.6. The van der Waals surface area contributed by atoms with Crippen molar-refractivity contribution < 1.29 is 38.2 Å². The number of aromatic nitrogens is 2. The summed E-state index contributed by atoms with van der Waals surface area (Å²) in [7, 11) is 0. The van der Waals surface area contributed by atoms with Gasteiger partial charge in [-0.1, -0.05) is 68.2 Å². The first-order valence-corrected chi connectivity index (χ1v) is 21.8. The summed E-state index contributed by atoms with van der Waals surface area (Å²) in [6.07, 6.45) is 3.09. The van der Waals surface area contributed by atoms with E-state index in [1.807, 2.05) is 0 Å². The van der Waals surface area contributed by atoms with E-state index in [1.165, 1.54) is 24.3 Å². The second kappa shape index (κ2) is 15.8. The molecule has 0 saturated carbocycles. The lowest BCUT2D eigenvalue weighted by molar-refractivity contribution is 0.0576. The molecule has 4 aromatic rings. The molecule has 2 saturated heterocycles. The third-order valence-electron chi connectivity index (χ3n) is 14.0. The molecule has 8 heterocycles. The molecule has 14 nitrogen and oxygen atoms in total. The highest BCUT2D eigenvalue weighted by molar-refractivity contribution is 6.31. The number of halogens is 4. The maximum Gasteiger partial charge on any atom is 0.274 e. The number of nitrogens with zero attached hydrogens (tertiary/aromatic N) is 4. The van der Waals surface area contributed by atoms with Gasteiger partial charge in [0.25, 0.3) is 23.6 Å². The molecule has 63 heavy (non-hydrogen) atoms. The molecule has 5 unspecified atom stereocenters. The van der Waals surface area contributed by atoms with Gasteiger partial charge >= 0.3 is 0 Å². The Hall–Kier alpha value is -5.74. The Labute approximate surface area is 369 Å². The van der Waals surface area contributed by atoms with E-state index in [-0.39, 0.29) is 98.7 Å². The highest BCUT2D eigenvalue weighted by Crippen LogP contribution is 2.48. The van der Waals surface area contributed by atoms with Crippen molar-refractivity contribution in [3.63, 3.8) is 0 Å². The summed E-state index contributed by atoms with van der Waals surface area (Å²) in [5, 5.41) is 26.3. The zero-order chi connectivity index (χ0) is 44.9. The highest BCUT2D eigenvalue weighted by Gasteiger charge is 2.53. The van der Waals surface area contributed by atoms with Crippen molar-refractivity contribution in [2.75, 3.05) is 13.1 Å². The van der Waals surface area contributed by atoms with Gasteiger partial charge in [-0.2, -0.15) is 0 Å². The molecule has 4 N–H and O–H groups in total. The molecule has 2 aromatic carbocycles. The topological polar surface area (TPSA) is 183 Å². The zero-order valence-electron chi connectivity index (χ0n) is 34.5. The second-order valence-electron chi connectivity index (χ2n) is 17.6. The van der Waals surface area contributed by atoms with Crippen molar-refractivity contribution in [2.45, 2.75) is 90.1 Å². The lowest BCUT2D eigenvalue weighted by atomic mass is 9.88. The summed E-state index contributed by atoms with van der Waals surface area (Å²) in [5.41, 5.74) is -0.878. The molecule has 6 aliphatic rings. The number of nitrogens with one attached hydrogen (secondary N) is 2. The molecule has 6 aliphatic heterocycles. The molecular formula is C45H44Cl2F2N6O8. The first-order chi connectivity index (χ1) is 30.0. The second-order valence-corrected chi connectivity index (χ2v) is 18.4. The summed E-state index contributed by atoms with van der Waals surface area (Å²) in [6.45, 7) is 7.12. The van der Waals surface area contributed by atoms with Crippen LogP contribution < -0.4 is 21.5 Å². The van der Waals surface area contributed by atoms with Crippen molar-refractivity contribution in [3.05, 3.63) is 124 Å². The predicted molar refractivity (Wildman–Crippen MR) is 226 cm³/mol. The van der Waals surface area contributed by atoms with Crippen molar-refractivity contribution in [3.8, 4) is 11.5 Å². The minimum atomic E-state index is -0.872. The Kier molecular flexibility index (Phi) is 10.7. The third kappa shape index (κ3) is 6.61. The van der Waals surface area contributed by atoms with Crippen molar-refractivity contribution >= 4 is 46.8 Å². The van der Waals surface area contributed by atoms with Crippen LogP contribution in [-0.4, -0.2) is 77.9 Å². The zero-order valence-corrected chi connectivity index (χ0v) is 36.0. The van der Waals surface area contributed by atoms with Crippen LogP contribution in [0.4, 0.5) is 8.78 Å². The van der Waals surface area contributed by atoms with E-state index in [0.29, 0.717) is 62.0 Å². The highest BCUT2D eigenvalue weighted by atomic mass is 35.5. The van der Waals surface area contributed by atoms with E-state index in [1.54, 1.807) is 31.1 Å². The third-order valence-corrected chi connectivity index (χ3v) is 14.6. The number of fused-ring (bicyclic) bond motifs is 4. The first kappa shape index (κ1) is 42.6. The first-order valence-electron chi connectivity index (χ1n) is 21.1. The number of benzene rings is 2. The molecule has 0 aliphatic carbocycles.